The maximum absolute atomic E-state index is 13.7. The Hall–Kier alpha value is -1.75. The molecule has 1 aliphatic carbocycles. The van der Waals surface area contributed by atoms with Crippen molar-refractivity contribution in [1.82, 2.24) is 4.90 Å². The number of hydrogen-bond donors (Lipinski definition) is 0. The van der Waals surface area contributed by atoms with Gasteiger partial charge in [-0.25, -0.2) is 4.39 Å². The van der Waals surface area contributed by atoms with Gasteiger partial charge in [0.25, 0.3) is 0 Å². The number of nitrogens with zero attached hydrogens (tertiary/aromatic N) is 1. The molecule has 0 amide bonds. The van der Waals surface area contributed by atoms with Crippen molar-refractivity contribution in [2.45, 2.75) is 12.8 Å². The molecule has 0 spiro atoms. The Bertz CT molecular complexity index is 460. The first kappa shape index (κ1) is 11.7. The number of allylic oxidation sites excluding steroid dienone is 6. The molecule has 0 saturated heterocycles. The molecule has 1 unspecified atom stereocenters. The summed E-state index contributed by atoms with van der Waals surface area (Å²) in [5.41, 5.74) is 1.56. The van der Waals surface area contributed by atoms with Gasteiger partial charge < -0.3 is 4.90 Å². The van der Waals surface area contributed by atoms with Crippen LogP contribution in [0.1, 0.15) is 12.8 Å². The fourth-order valence-corrected chi connectivity index (χ4v) is 2.09. The van der Waals surface area contributed by atoms with Gasteiger partial charge in [0.15, 0.2) is 0 Å². The Morgan fingerprint density at radius 1 is 1.47 bits per heavy atom. The molecule has 88 valence electrons. The minimum Gasteiger partial charge on any atom is -0.380 e. The predicted molar refractivity (Wildman–Crippen MR) is 68.7 cm³/mol. The highest BCUT2D eigenvalue weighted by molar-refractivity contribution is 5.44. The van der Waals surface area contributed by atoms with Crippen molar-refractivity contribution in [1.29, 1.82) is 0 Å². The molecule has 0 N–H and O–H groups in total. The second kappa shape index (κ2) is 5.05. The van der Waals surface area contributed by atoms with Gasteiger partial charge in [0, 0.05) is 25.9 Å². The van der Waals surface area contributed by atoms with Crippen LogP contribution < -0.4 is 0 Å². The van der Waals surface area contributed by atoms with E-state index in [1.54, 1.807) is 6.08 Å². The molecule has 0 aromatic carbocycles. The SMILES string of the molecule is C#CC1=C(F)CC(C2=CCCN(C)C=C2)C=C1. The van der Waals surface area contributed by atoms with Gasteiger partial charge in [-0.1, -0.05) is 18.1 Å². The second-order valence-corrected chi connectivity index (χ2v) is 4.42. The highest BCUT2D eigenvalue weighted by atomic mass is 19.1. The maximum atomic E-state index is 13.7. The summed E-state index contributed by atoms with van der Waals surface area (Å²) in [6.07, 6.45) is 16.6. The van der Waals surface area contributed by atoms with E-state index in [0.717, 1.165) is 13.0 Å². The second-order valence-electron chi connectivity index (χ2n) is 4.42. The lowest BCUT2D eigenvalue weighted by Gasteiger charge is -2.17. The lowest BCUT2D eigenvalue weighted by atomic mass is 9.88. The highest BCUT2D eigenvalue weighted by Gasteiger charge is 2.18. The normalized spacial score (nSPS) is 24.4. The van der Waals surface area contributed by atoms with Crippen LogP contribution in [0.15, 0.2) is 47.5 Å². The third kappa shape index (κ3) is 2.68. The molecule has 2 rings (SSSR count). The molecule has 0 aromatic rings. The van der Waals surface area contributed by atoms with Crippen molar-refractivity contribution in [2.24, 2.45) is 5.92 Å². The smallest absolute Gasteiger partial charge is 0.116 e. The summed E-state index contributed by atoms with van der Waals surface area (Å²) in [4.78, 5) is 2.13. The average molecular weight is 229 g/mol. The van der Waals surface area contributed by atoms with Crippen LogP contribution in [0.25, 0.3) is 0 Å². The molecule has 1 nitrogen and oxygen atoms in total. The molecule has 0 fully saturated rings. The standard InChI is InChI=1S/C15H16FN/c1-3-12-6-7-14(11-15(12)16)13-5-4-9-17(2)10-8-13/h1,5-8,10,14H,4,9,11H2,2H3. The first-order valence-electron chi connectivity index (χ1n) is 5.82. The average Bonchev–Trinajstić information content (AvgIpc) is 2.54. The molecule has 0 saturated carbocycles. The number of terminal acetylenes is 1. The molecule has 1 heterocycles. The van der Waals surface area contributed by atoms with Crippen molar-refractivity contribution < 1.29 is 4.39 Å². The van der Waals surface area contributed by atoms with E-state index in [0.29, 0.717) is 12.0 Å². The van der Waals surface area contributed by atoms with Gasteiger partial charge in [-0.15, -0.1) is 6.42 Å². The summed E-state index contributed by atoms with van der Waals surface area (Å²) in [5.74, 6) is 2.31. The molecule has 17 heavy (non-hydrogen) atoms. The summed E-state index contributed by atoms with van der Waals surface area (Å²) >= 11 is 0. The van der Waals surface area contributed by atoms with E-state index >= 15 is 0 Å². The Balaban J connectivity index is 2.15. The Morgan fingerprint density at radius 2 is 2.29 bits per heavy atom. The van der Waals surface area contributed by atoms with Crippen molar-refractivity contribution >= 4 is 0 Å². The molecule has 2 heteroatoms. The summed E-state index contributed by atoms with van der Waals surface area (Å²) in [6, 6.07) is 0. The van der Waals surface area contributed by atoms with Gasteiger partial charge >= 0.3 is 0 Å². The van der Waals surface area contributed by atoms with Crippen LogP contribution in [0.3, 0.4) is 0 Å². The third-order valence-corrected chi connectivity index (χ3v) is 3.15. The fourth-order valence-electron chi connectivity index (χ4n) is 2.09. The van der Waals surface area contributed by atoms with Crippen molar-refractivity contribution in [3.63, 3.8) is 0 Å². The zero-order valence-corrected chi connectivity index (χ0v) is 9.99. The molecule has 0 bridgehead atoms. The predicted octanol–water partition coefficient (Wildman–Crippen LogP) is 3.19. The Morgan fingerprint density at radius 3 is 3.00 bits per heavy atom. The zero-order valence-electron chi connectivity index (χ0n) is 9.99. The lowest BCUT2D eigenvalue weighted by molar-refractivity contribution is 0.468. The lowest BCUT2D eigenvalue weighted by Crippen LogP contribution is -2.09. The van der Waals surface area contributed by atoms with Crippen LogP contribution in [0.5, 0.6) is 0 Å². The summed E-state index contributed by atoms with van der Waals surface area (Å²) in [7, 11) is 2.04. The van der Waals surface area contributed by atoms with Crippen molar-refractivity contribution in [3.05, 3.63) is 47.5 Å². The number of rotatable bonds is 1. The quantitative estimate of drug-likeness (QED) is 0.624. The van der Waals surface area contributed by atoms with Gasteiger partial charge in [0.1, 0.15) is 5.83 Å². The van der Waals surface area contributed by atoms with E-state index in [1.165, 1.54) is 5.57 Å². The number of hydrogen-bond acceptors (Lipinski definition) is 1. The Kier molecular flexibility index (Phi) is 3.49. The van der Waals surface area contributed by atoms with E-state index in [2.05, 4.69) is 23.0 Å². The van der Waals surface area contributed by atoms with Crippen LogP contribution in [-0.4, -0.2) is 18.5 Å². The molecule has 1 atom stereocenters. The fraction of sp³-hybridized carbons (Fsp3) is 0.333. The largest absolute Gasteiger partial charge is 0.380 e. The molecule has 0 radical (unpaired) electrons. The molecule has 2 aliphatic rings. The van der Waals surface area contributed by atoms with Crippen LogP contribution in [0.4, 0.5) is 4.39 Å². The molecular weight excluding hydrogens is 213 g/mol. The van der Waals surface area contributed by atoms with Crippen molar-refractivity contribution in [3.8, 4) is 12.3 Å². The van der Waals surface area contributed by atoms with Crippen LogP contribution in [-0.2, 0) is 0 Å². The van der Waals surface area contributed by atoms with E-state index in [1.807, 2.05) is 19.3 Å². The van der Waals surface area contributed by atoms with Gasteiger partial charge in [-0.2, -0.15) is 0 Å². The molecular formula is C15H16FN. The Labute approximate surface area is 102 Å². The minimum absolute atomic E-state index is 0.120. The number of halogens is 1. The minimum atomic E-state index is -0.174. The zero-order chi connectivity index (χ0) is 12.3. The first-order valence-corrected chi connectivity index (χ1v) is 5.82. The summed E-state index contributed by atoms with van der Waals surface area (Å²) in [5, 5.41) is 0. The van der Waals surface area contributed by atoms with Crippen LogP contribution in [0, 0.1) is 18.3 Å². The first-order chi connectivity index (χ1) is 8.20. The van der Waals surface area contributed by atoms with E-state index in [-0.39, 0.29) is 11.7 Å². The van der Waals surface area contributed by atoms with Crippen LogP contribution in [0.2, 0.25) is 0 Å². The summed E-state index contributed by atoms with van der Waals surface area (Å²) in [6.45, 7) is 1.00. The maximum Gasteiger partial charge on any atom is 0.116 e. The van der Waals surface area contributed by atoms with Gasteiger partial charge in [-0.3, -0.25) is 0 Å². The van der Waals surface area contributed by atoms with E-state index in [4.69, 9.17) is 6.42 Å². The van der Waals surface area contributed by atoms with Gasteiger partial charge in [0.05, 0.1) is 5.57 Å². The van der Waals surface area contributed by atoms with E-state index in [9.17, 15) is 4.39 Å². The van der Waals surface area contributed by atoms with Crippen molar-refractivity contribution in [2.75, 3.05) is 13.6 Å². The van der Waals surface area contributed by atoms with Crippen LogP contribution >= 0.6 is 0 Å². The van der Waals surface area contributed by atoms with E-state index < -0.39 is 0 Å². The highest BCUT2D eigenvalue weighted by Crippen LogP contribution is 2.30. The molecule has 0 aromatic heterocycles. The van der Waals surface area contributed by atoms with Gasteiger partial charge in [-0.05, 0) is 30.3 Å². The topological polar surface area (TPSA) is 3.24 Å². The monoisotopic (exact) mass is 229 g/mol. The summed E-state index contributed by atoms with van der Waals surface area (Å²) < 4.78 is 13.7. The third-order valence-electron chi connectivity index (χ3n) is 3.15. The van der Waals surface area contributed by atoms with Gasteiger partial charge in [0.2, 0.25) is 0 Å². The molecule has 1 aliphatic heterocycles.